The number of piperazine rings is 1. The molecule has 2 fully saturated rings. The number of rotatable bonds is 3. The van der Waals surface area contributed by atoms with E-state index in [1.807, 2.05) is 0 Å². The van der Waals surface area contributed by atoms with Crippen molar-refractivity contribution in [3.8, 4) is 0 Å². The maximum absolute atomic E-state index is 3.47. The molecule has 1 atom stereocenters. The van der Waals surface area contributed by atoms with E-state index in [1.165, 1.54) is 51.9 Å². The summed E-state index contributed by atoms with van der Waals surface area (Å²) in [6, 6.07) is 0.725. The third-order valence-electron chi connectivity index (χ3n) is 4.08. The van der Waals surface area contributed by atoms with Crippen LogP contribution in [0.25, 0.3) is 0 Å². The fraction of sp³-hybridized carbons (Fsp3) is 1.00. The van der Waals surface area contributed by atoms with Crippen LogP contribution in [-0.4, -0.2) is 48.1 Å². The van der Waals surface area contributed by atoms with E-state index < -0.39 is 0 Å². The molecule has 1 aliphatic carbocycles. The summed E-state index contributed by atoms with van der Waals surface area (Å²) in [7, 11) is 0. The zero-order valence-corrected chi connectivity index (χ0v) is 10.9. The van der Waals surface area contributed by atoms with Crippen molar-refractivity contribution in [2.45, 2.75) is 43.4 Å². The second-order valence-corrected chi connectivity index (χ2v) is 6.39. The van der Waals surface area contributed by atoms with Crippen LogP contribution in [0.5, 0.6) is 0 Å². The molecule has 15 heavy (non-hydrogen) atoms. The molecule has 88 valence electrons. The summed E-state index contributed by atoms with van der Waals surface area (Å²) in [5.74, 6) is 0. The van der Waals surface area contributed by atoms with Crippen molar-refractivity contribution in [3.05, 3.63) is 0 Å². The standard InChI is InChI=1S/C12H24N2S/c1-11-9-13-7-8-14(11)10-12(15-2)5-3-4-6-12/h11,13H,3-10H2,1-2H3. The van der Waals surface area contributed by atoms with Gasteiger partial charge >= 0.3 is 0 Å². The predicted octanol–water partition coefficient (Wildman–Crippen LogP) is 1.96. The average molecular weight is 228 g/mol. The maximum Gasteiger partial charge on any atom is 0.0284 e. The van der Waals surface area contributed by atoms with E-state index >= 15 is 0 Å². The highest BCUT2D eigenvalue weighted by Gasteiger charge is 2.36. The van der Waals surface area contributed by atoms with Gasteiger partial charge in [0.1, 0.15) is 0 Å². The Morgan fingerprint density at radius 2 is 2.13 bits per heavy atom. The molecule has 1 aliphatic heterocycles. The SMILES string of the molecule is CSC1(CN2CCNCC2C)CCCC1. The first-order chi connectivity index (χ1) is 7.26. The van der Waals surface area contributed by atoms with Crippen molar-refractivity contribution < 1.29 is 0 Å². The molecule has 1 unspecified atom stereocenters. The van der Waals surface area contributed by atoms with E-state index in [4.69, 9.17) is 0 Å². The molecule has 0 bridgehead atoms. The fourth-order valence-corrected chi connectivity index (χ4v) is 3.93. The van der Waals surface area contributed by atoms with Crippen LogP contribution in [0.4, 0.5) is 0 Å². The summed E-state index contributed by atoms with van der Waals surface area (Å²) in [6.45, 7) is 7.26. The van der Waals surface area contributed by atoms with Gasteiger partial charge in [0.2, 0.25) is 0 Å². The molecule has 0 aromatic rings. The average Bonchev–Trinajstić information content (AvgIpc) is 2.71. The third-order valence-corrected chi connectivity index (χ3v) is 5.48. The number of nitrogens with zero attached hydrogens (tertiary/aromatic N) is 1. The van der Waals surface area contributed by atoms with E-state index in [0.717, 1.165) is 6.04 Å². The minimum absolute atomic E-state index is 0.589. The first-order valence-electron chi connectivity index (χ1n) is 6.26. The molecule has 0 spiro atoms. The molecule has 1 saturated carbocycles. The Labute approximate surface area is 98.2 Å². The highest BCUT2D eigenvalue weighted by Crippen LogP contribution is 2.41. The van der Waals surface area contributed by atoms with Crippen molar-refractivity contribution >= 4 is 11.8 Å². The number of thioether (sulfide) groups is 1. The van der Waals surface area contributed by atoms with E-state index in [2.05, 4.69) is 35.2 Å². The van der Waals surface area contributed by atoms with E-state index in [-0.39, 0.29) is 0 Å². The van der Waals surface area contributed by atoms with Crippen LogP contribution < -0.4 is 5.32 Å². The molecule has 0 amide bonds. The van der Waals surface area contributed by atoms with Gasteiger partial charge in [-0.05, 0) is 26.0 Å². The van der Waals surface area contributed by atoms with E-state index in [0.29, 0.717) is 4.75 Å². The van der Waals surface area contributed by atoms with Crippen LogP contribution in [0, 0.1) is 0 Å². The molecular formula is C12H24N2S. The van der Waals surface area contributed by atoms with Gasteiger partial charge in [-0.3, -0.25) is 4.90 Å². The largest absolute Gasteiger partial charge is 0.314 e. The van der Waals surface area contributed by atoms with Gasteiger partial charge < -0.3 is 5.32 Å². The minimum Gasteiger partial charge on any atom is -0.314 e. The van der Waals surface area contributed by atoms with Gasteiger partial charge in [0, 0.05) is 37.0 Å². The lowest BCUT2D eigenvalue weighted by Gasteiger charge is -2.40. The molecule has 1 saturated heterocycles. The van der Waals surface area contributed by atoms with Crippen molar-refractivity contribution in [2.24, 2.45) is 0 Å². The monoisotopic (exact) mass is 228 g/mol. The number of hydrogen-bond donors (Lipinski definition) is 1. The Kier molecular flexibility index (Phi) is 3.97. The Hall–Kier alpha value is 0.270. The van der Waals surface area contributed by atoms with Crippen LogP contribution >= 0.6 is 11.8 Å². The highest BCUT2D eigenvalue weighted by atomic mass is 32.2. The fourth-order valence-electron chi connectivity index (χ4n) is 2.93. The summed E-state index contributed by atoms with van der Waals surface area (Å²) in [6.07, 6.45) is 8.07. The van der Waals surface area contributed by atoms with Crippen molar-refractivity contribution in [2.75, 3.05) is 32.4 Å². The van der Waals surface area contributed by atoms with Gasteiger partial charge in [-0.2, -0.15) is 11.8 Å². The molecule has 2 nitrogen and oxygen atoms in total. The highest BCUT2D eigenvalue weighted by molar-refractivity contribution is 8.00. The molecule has 3 heteroatoms. The summed E-state index contributed by atoms with van der Waals surface area (Å²) in [5, 5.41) is 3.47. The van der Waals surface area contributed by atoms with Gasteiger partial charge in [-0.1, -0.05) is 12.8 Å². The number of nitrogens with one attached hydrogen (secondary N) is 1. The lowest BCUT2D eigenvalue weighted by atomic mass is 10.0. The molecule has 1 N–H and O–H groups in total. The molecule has 0 aromatic carbocycles. The normalized spacial score (nSPS) is 32.0. The van der Waals surface area contributed by atoms with Crippen LogP contribution in [0.1, 0.15) is 32.6 Å². The second-order valence-electron chi connectivity index (χ2n) is 5.12. The predicted molar refractivity (Wildman–Crippen MR) is 68.6 cm³/mol. The van der Waals surface area contributed by atoms with Crippen molar-refractivity contribution in [3.63, 3.8) is 0 Å². The number of hydrogen-bond acceptors (Lipinski definition) is 3. The van der Waals surface area contributed by atoms with Crippen LogP contribution in [-0.2, 0) is 0 Å². The van der Waals surface area contributed by atoms with E-state index in [1.54, 1.807) is 0 Å². The topological polar surface area (TPSA) is 15.3 Å². The minimum atomic E-state index is 0.589. The molecule has 0 aromatic heterocycles. The summed E-state index contributed by atoms with van der Waals surface area (Å²) < 4.78 is 0.589. The molecule has 0 radical (unpaired) electrons. The lowest BCUT2D eigenvalue weighted by Crippen LogP contribution is -2.53. The molecular weight excluding hydrogens is 204 g/mol. The van der Waals surface area contributed by atoms with Gasteiger partial charge in [-0.15, -0.1) is 0 Å². The zero-order chi connectivity index (χ0) is 10.7. The lowest BCUT2D eigenvalue weighted by molar-refractivity contribution is 0.157. The molecule has 2 rings (SSSR count). The third kappa shape index (κ3) is 2.69. The van der Waals surface area contributed by atoms with Gasteiger partial charge in [0.15, 0.2) is 0 Å². The van der Waals surface area contributed by atoms with Crippen LogP contribution in [0.15, 0.2) is 0 Å². The van der Waals surface area contributed by atoms with Gasteiger partial charge in [0.05, 0.1) is 0 Å². The van der Waals surface area contributed by atoms with Gasteiger partial charge in [0.25, 0.3) is 0 Å². The van der Waals surface area contributed by atoms with Gasteiger partial charge in [-0.25, -0.2) is 0 Å². The summed E-state index contributed by atoms with van der Waals surface area (Å²) >= 11 is 2.11. The van der Waals surface area contributed by atoms with E-state index in [9.17, 15) is 0 Å². The maximum atomic E-state index is 3.47. The zero-order valence-electron chi connectivity index (χ0n) is 10.1. The molecule has 2 aliphatic rings. The van der Waals surface area contributed by atoms with Crippen molar-refractivity contribution in [1.29, 1.82) is 0 Å². The second kappa shape index (κ2) is 5.07. The van der Waals surface area contributed by atoms with Crippen LogP contribution in [0.3, 0.4) is 0 Å². The Bertz CT molecular complexity index is 202. The molecule has 1 heterocycles. The quantitative estimate of drug-likeness (QED) is 0.795. The van der Waals surface area contributed by atoms with Crippen LogP contribution in [0.2, 0.25) is 0 Å². The Morgan fingerprint density at radius 1 is 1.40 bits per heavy atom. The summed E-state index contributed by atoms with van der Waals surface area (Å²) in [4.78, 5) is 2.69. The summed E-state index contributed by atoms with van der Waals surface area (Å²) in [5.41, 5.74) is 0. The van der Waals surface area contributed by atoms with Crippen molar-refractivity contribution in [1.82, 2.24) is 10.2 Å². The first kappa shape index (κ1) is 11.7. The Morgan fingerprint density at radius 3 is 2.73 bits per heavy atom. The first-order valence-corrected chi connectivity index (χ1v) is 7.48. The smallest absolute Gasteiger partial charge is 0.0284 e. The Balaban J connectivity index is 1.93.